The monoisotopic (exact) mass is 443 g/mol. The average Bonchev–Trinajstić information content (AvgIpc) is 3.18. The summed E-state index contributed by atoms with van der Waals surface area (Å²) in [6.45, 7) is 5.85. The van der Waals surface area contributed by atoms with Crippen LogP contribution in [0.15, 0.2) is 72.8 Å². The van der Waals surface area contributed by atoms with Crippen molar-refractivity contribution in [2.45, 2.75) is 26.8 Å². The zero-order valence-corrected chi connectivity index (χ0v) is 19.1. The minimum Gasteiger partial charge on any atom is -0.491 e. The second-order valence-electron chi connectivity index (χ2n) is 7.92. The number of rotatable bonds is 10. The summed E-state index contributed by atoms with van der Waals surface area (Å²) in [6, 6.07) is 23.5. The Hall–Kier alpha value is -3.80. The molecule has 0 saturated carbocycles. The summed E-state index contributed by atoms with van der Waals surface area (Å²) in [5.41, 5.74) is 4.38. The third-order valence-corrected chi connectivity index (χ3v) is 5.64. The summed E-state index contributed by atoms with van der Waals surface area (Å²) in [4.78, 5) is 17.0. The molecule has 0 aliphatic carbocycles. The van der Waals surface area contributed by atoms with Gasteiger partial charge < -0.3 is 19.4 Å². The largest absolute Gasteiger partial charge is 0.491 e. The highest BCUT2D eigenvalue weighted by Crippen LogP contribution is 2.21. The first-order valence-electron chi connectivity index (χ1n) is 11.2. The van der Waals surface area contributed by atoms with Crippen molar-refractivity contribution in [2.75, 3.05) is 19.8 Å². The molecule has 0 radical (unpaired) electrons. The van der Waals surface area contributed by atoms with Crippen molar-refractivity contribution in [1.29, 1.82) is 0 Å². The van der Waals surface area contributed by atoms with Gasteiger partial charge in [0.15, 0.2) is 6.61 Å². The van der Waals surface area contributed by atoms with Crippen LogP contribution in [0.3, 0.4) is 0 Å². The van der Waals surface area contributed by atoms with Crippen LogP contribution in [-0.4, -0.2) is 35.2 Å². The van der Waals surface area contributed by atoms with E-state index in [0.29, 0.717) is 31.9 Å². The van der Waals surface area contributed by atoms with Gasteiger partial charge in [-0.25, -0.2) is 4.98 Å². The van der Waals surface area contributed by atoms with Gasteiger partial charge in [0.2, 0.25) is 0 Å². The van der Waals surface area contributed by atoms with Gasteiger partial charge in [0.05, 0.1) is 17.6 Å². The van der Waals surface area contributed by atoms with Gasteiger partial charge in [-0.05, 0) is 55.3 Å². The number of amides is 1. The molecule has 0 unspecified atom stereocenters. The molecule has 3 aromatic carbocycles. The highest BCUT2D eigenvalue weighted by molar-refractivity contribution is 5.77. The zero-order chi connectivity index (χ0) is 23.0. The van der Waals surface area contributed by atoms with Crippen molar-refractivity contribution >= 4 is 16.9 Å². The minimum absolute atomic E-state index is 0.00981. The number of ether oxygens (including phenoxy) is 2. The molecular formula is C27H29N3O3. The first-order valence-corrected chi connectivity index (χ1v) is 11.2. The molecule has 0 aliphatic rings. The number of imidazole rings is 1. The van der Waals surface area contributed by atoms with Crippen LogP contribution >= 0.6 is 0 Å². The first-order chi connectivity index (χ1) is 16.1. The lowest BCUT2D eigenvalue weighted by molar-refractivity contribution is -0.123. The summed E-state index contributed by atoms with van der Waals surface area (Å²) < 4.78 is 13.8. The first kappa shape index (κ1) is 22.4. The van der Waals surface area contributed by atoms with Crippen molar-refractivity contribution in [3.8, 4) is 11.5 Å². The number of aryl methyl sites for hydroxylation is 1. The van der Waals surface area contributed by atoms with Gasteiger partial charge in [-0.2, -0.15) is 0 Å². The van der Waals surface area contributed by atoms with E-state index in [9.17, 15) is 4.79 Å². The molecule has 170 valence electrons. The fourth-order valence-electron chi connectivity index (χ4n) is 3.72. The van der Waals surface area contributed by atoms with Crippen LogP contribution in [0.25, 0.3) is 11.0 Å². The number of aromatic nitrogens is 2. The number of hydrogen-bond acceptors (Lipinski definition) is 4. The van der Waals surface area contributed by atoms with Crippen LogP contribution in [0.4, 0.5) is 0 Å². The maximum absolute atomic E-state index is 12.2. The third-order valence-electron chi connectivity index (χ3n) is 5.64. The third kappa shape index (κ3) is 5.71. The molecule has 33 heavy (non-hydrogen) atoms. The van der Waals surface area contributed by atoms with E-state index in [1.165, 1.54) is 5.56 Å². The molecule has 4 rings (SSSR count). The molecule has 0 spiro atoms. The van der Waals surface area contributed by atoms with Crippen molar-refractivity contribution in [2.24, 2.45) is 0 Å². The number of nitrogens with one attached hydrogen (secondary N) is 1. The van der Waals surface area contributed by atoms with Gasteiger partial charge in [-0.15, -0.1) is 0 Å². The van der Waals surface area contributed by atoms with E-state index < -0.39 is 0 Å². The minimum atomic E-state index is -0.153. The number of fused-ring (bicyclic) bond motifs is 1. The SMILES string of the molecule is Cc1cccc(OCCn2c(CCNC(=O)COc3ccccc3)nc3ccccc32)c1C. The maximum atomic E-state index is 12.2. The molecule has 0 atom stereocenters. The Morgan fingerprint density at radius 2 is 1.73 bits per heavy atom. The molecule has 0 saturated heterocycles. The molecule has 1 aromatic heterocycles. The Bertz CT molecular complexity index is 1220. The number of benzene rings is 3. The summed E-state index contributed by atoms with van der Waals surface area (Å²) in [5.74, 6) is 2.36. The van der Waals surface area contributed by atoms with E-state index in [0.717, 1.165) is 28.2 Å². The Morgan fingerprint density at radius 3 is 2.58 bits per heavy atom. The van der Waals surface area contributed by atoms with E-state index in [2.05, 4.69) is 35.9 Å². The van der Waals surface area contributed by atoms with E-state index in [1.807, 2.05) is 60.7 Å². The lowest BCUT2D eigenvalue weighted by Crippen LogP contribution is -2.31. The molecule has 0 bridgehead atoms. The lowest BCUT2D eigenvalue weighted by atomic mass is 10.1. The molecule has 1 N–H and O–H groups in total. The topological polar surface area (TPSA) is 65.4 Å². The fourth-order valence-corrected chi connectivity index (χ4v) is 3.72. The molecule has 0 aliphatic heterocycles. The van der Waals surface area contributed by atoms with E-state index in [4.69, 9.17) is 14.5 Å². The Kier molecular flexibility index (Phi) is 7.25. The number of para-hydroxylation sites is 3. The lowest BCUT2D eigenvalue weighted by Gasteiger charge is -2.13. The zero-order valence-electron chi connectivity index (χ0n) is 19.1. The Balaban J connectivity index is 1.35. The summed E-state index contributed by atoms with van der Waals surface area (Å²) in [6.07, 6.45) is 0.620. The van der Waals surface area contributed by atoms with Crippen molar-refractivity contribution in [3.05, 3.63) is 89.7 Å². The van der Waals surface area contributed by atoms with Gasteiger partial charge in [-0.3, -0.25) is 4.79 Å². The fraction of sp³-hybridized carbons (Fsp3) is 0.259. The molecule has 1 heterocycles. The number of nitrogens with zero attached hydrogens (tertiary/aromatic N) is 2. The predicted octanol–water partition coefficient (Wildman–Crippen LogP) is 4.47. The standard InChI is InChI=1S/C27H29N3O3/c1-20-9-8-14-25(21(20)2)32-18-17-30-24-13-7-6-12-23(24)29-26(30)15-16-28-27(31)19-33-22-10-4-3-5-11-22/h3-14H,15-19H2,1-2H3,(H,28,31). The summed E-state index contributed by atoms with van der Waals surface area (Å²) in [7, 11) is 0. The van der Waals surface area contributed by atoms with Gasteiger partial charge in [0.1, 0.15) is 23.9 Å². The Labute approximate surface area is 194 Å². The molecule has 0 fully saturated rings. The van der Waals surface area contributed by atoms with E-state index in [-0.39, 0.29) is 12.5 Å². The quantitative estimate of drug-likeness (QED) is 0.393. The van der Waals surface area contributed by atoms with Gasteiger partial charge in [-0.1, -0.05) is 42.5 Å². The summed E-state index contributed by atoms with van der Waals surface area (Å²) >= 11 is 0. The number of carbonyl (C=O) groups excluding carboxylic acids is 1. The van der Waals surface area contributed by atoms with Crippen molar-refractivity contribution in [3.63, 3.8) is 0 Å². The smallest absolute Gasteiger partial charge is 0.257 e. The van der Waals surface area contributed by atoms with Gasteiger partial charge in [0, 0.05) is 13.0 Å². The van der Waals surface area contributed by atoms with E-state index >= 15 is 0 Å². The van der Waals surface area contributed by atoms with Crippen LogP contribution in [-0.2, 0) is 17.8 Å². The van der Waals surface area contributed by atoms with Gasteiger partial charge >= 0.3 is 0 Å². The molecule has 4 aromatic rings. The van der Waals surface area contributed by atoms with Crippen molar-refractivity contribution < 1.29 is 14.3 Å². The van der Waals surface area contributed by atoms with Crippen LogP contribution in [0.5, 0.6) is 11.5 Å². The van der Waals surface area contributed by atoms with Gasteiger partial charge in [0.25, 0.3) is 5.91 Å². The highest BCUT2D eigenvalue weighted by Gasteiger charge is 2.12. The summed E-state index contributed by atoms with van der Waals surface area (Å²) in [5, 5.41) is 2.92. The second-order valence-corrected chi connectivity index (χ2v) is 7.92. The van der Waals surface area contributed by atoms with Crippen molar-refractivity contribution in [1.82, 2.24) is 14.9 Å². The number of hydrogen-bond donors (Lipinski definition) is 1. The highest BCUT2D eigenvalue weighted by atomic mass is 16.5. The Morgan fingerprint density at radius 1 is 0.939 bits per heavy atom. The number of carbonyl (C=O) groups is 1. The molecule has 6 nitrogen and oxygen atoms in total. The van der Waals surface area contributed by atoms with Crippen LogP contribution in [0, 0.1) is 13.8 Å². The maximum Gasteiger partial charge on any atom is 0.257 e. The average molecular weight is 444 g/mol. The van der Waals surface area contributed by atoms with E-state index in [1.54, 1.807) is 0 Å². The normalized spacial score (nSPS) is 10.8. The predicted molar refractivity (Wildman–Crippen MR) is 130 cm³/mol. The second kappa shape index (κ2) is 10.7. The molecule has 1 amide bonds. The van der Waals surface area contributed by atoms with Crippen LogP contribution in [0.1, 0.15) is 17.0 Å². The molecule has 6 heteroatoms. The van der Waals surface area contributed by atoms with Crippen LogP contribution < -0.4 is 14.8 Å². The van der Waals surface area contributed by atoms with Crippen LogP contribution in [0.2, 0.25) is 0 Å². The molecular weight excluding hydrogens is 414 g/mol.